The van der Waals surface area contributed by atoms with E-state index in [0.717, 1.165) is 6.07 Å². The lowest BCUT2D eigenvalue weighted by atomic mass is 9.90. The summed E-state index contributed by atoms with van der Waals surface area (Å²) >= 11 is 6.01. The van der Waals surface area contributed by atoms with E-state index in [-0.39, 0.29) is 10.6 Å². The van der Waals surface area contributed by atoms with Crippen molar-refractivity contribution in [2.45, 2.75) is 31.1 Å². The lowest BCUT2D eigenvalue weighted by Gasteiger charge is -2.25. The Labute approximate surface area is 116 Å². The van der Waals surface area contributed by atoms with Crippen LogP contribution in [0.5, 0.6) is 0 Å². The molecule has 0 atom stereocenters. The number of hydrogen-bond acceptors (Lipinski definition) is 2. The van der Waals surface area contributed by atoms with Crippen LogP contribution < -0.4 is 0 Å². The van der Waals surface area contributed by atoms with E-state index in [1.807, 2.05) is 0 Å². The molecule has 0 bridgehead atoms. The second-order valence-electron chi connectivity index (χ2n) is 3.15. The van der Waals surface area contributed by atoms with Crippen molar-refractivity contribution in [1.29, 1.82) is 0 Å². The van der Waals surface area contributed by atoms with Crippen molar-refractivity contribution in [2.75, 3.05) is 6.98 Å². The first-order valence-electron chi connectivity index (χ1n) is 9.94. The van der Waals surface area contributed by atoms with Crippen LogP contribution in [-0.4, -0.2) is 23.4 Å². The second-order valence-corrected chi connectivity index (χ2v) is 3.56. The van der Waals surface area contributed by atoms with Gasteiger partial charge in [-0.15, -0.1) is 0 Å². The minimum atomic E-state index is -3.60. The molecule has 1 saturated carbocycles. The van der Waals surface area contributed by atoms with Gasteiger partial charge in [0.2, 0.25) is 0 Å². The molecule has 2 nitrogen and oxygen atoms in total. The molecule has 1 aliphatic rings. The van der Waals surface area contributed by atoms with Crippen molar-refractivity contribution in [1.82, 2.24) is 0 Å². The average Bonchev–Trinajstić information content (AvgIpc) is 2.55. The van der Waals surface area contributed by atoms with Crippen LogP contribution in [0.3, 0.4) is 0 Å². The van der Waals surface area contributed by atoms with Crippen LogP contribution in [0, 0.1) is 0 Å². The number of nitrogens with zero attached hydrogens (tertiary/aromatic N) is 1. The third-order valence-electron chi connectivity index (χ3n) is 2.13. The SMILES string of the molecule is [2H]C([2H])([2H])N=C(c1ccccc1Cl)C1(O)C([2H])([2H])C([2H])([2H])C([2H])([2H])C1([2H])[2H]. The maximum atomic E-state index is 11.1. The molecule has 0 amide bonds. The van der Waals surface area contributed by atoms with E-state index in [2.05, 4.69) is 4.99 Å². The molecule has 1 N–H and O–H groups in total. The van der Waals surface area contributed by atoms with Gasteiger partial charge in [0.1, 0.15) is 5.60 Å². The van der Waals surface area contributed by atoms with Crippen LogP contribution in [0.4, 0.5) is 0 Å². The van der Waals surface area contributed by atoms with E-state index >= 15 is 0 Å². The summed E-state index contributed by atoms with van der Waals surface area (Å²) in [6.07, 6.45) is -14.3. The van der Waals surface area contributed by atoms with Gasteiger partial charge in [-0.2, -0.15) is 0 Å². The lowest BCUT2D eigenvalue weighted by molar-refractivity contribution is 0.121. The molecule has 16 heavy (non-hydrogen) atoms. The maximum Gasteiger partial charge on any atom is 0.107 e. The maximum absolute atomic E-state index is 11.1. The molecule has 0 aromatic heterocycles. The van der Waals surface area contributed by atoms with Crippen LogP contribution in [0.15, 0.2) is 29.3 Å². The summed E-state index contributed by atoms with van der Waals surface area (Å²) in [5.41, 5.74) is -5.04. The largest absolute Gasteiger partial charge is 0.384 e. The van der Waals surface area contributed by atoms with E-state index in [9.17, 15) is 5.11 Å². The number of halogens is 1. The molecule has 1 fully saturated rings. The third kappa shape index (κ3) is 2.00. The van der Waals surface area contributed by atoms with Crippen molar-refractivity contribution in [3.63, 3.8) is 0 Å². The minimum absolute atomic E-state index is 0.200. The molecule has 3 heteroatoms. The Morgan fingerprint density at radius 1 is 1.50 bits per heavy atom. The van der Waals surface area contributed by atoms with E-state index in [0.29, 0.717) is 0 Å². The summed E-state index contributed by atoms with van der Waals surface area (Å²) in [5, 5.41) is 10.9. The van der Waals surface area contributed by atoms with Crippen molar-refractivity contribution in [2.24, 2.45) is 4.99 Å². The Kier molecular flexibility index (Phi) is 1.17. The minimum Gasteiger partial charge on any atom is -0.384 e. The van der Waals surface area contributed by atoms with Gasteiger partial charge in [-0.25, -0.2) is 0 Å². The predicted molar refractivity (Wildman–Crippen MR) is 67.3 cm³/mol. The molecular formula is C13H16ClNO. The molecule has 1 aromatic rings. The highest BCUT2D eigenvalue weighted by atomic mass is 35.5. The summed E-state index contributed by atoms with van der Waals surface area (Å²) in [6.45, 7) is -3.17. The first-order valence-corrected chi connectivity index (χ1v) is 4.82. The van der Waals surface area contributed by atoms with E-state index in [4.69, 9.17) is 26.7 Å². The average molecular weight is 249 g/mol. The molecule has 2 rings (SSSR count). The first kappa shape index (κ1) is 4.11. The number of aliphatic imine (C=N–C) groups is 1. The van der Waals surface area contributed by atoms with Gasteiger partial charge >= 0.3 is 0 Å². The summed E-state index contributed by atoms with van der Waals surface area (Å²) in [7, 11) is 0. The fourth-order valence-corrected chi connectivity index (χ4v) is 1.61. The van der Waals surface area contributed by atoms with Crippen molar-refractivity contribution in [3.05, 3.63) is 34.9 Å². The van der Waals surface area contributed by atoms with Gasteiger partial charge in [0.05, 0.1) is 5.71 Å². The molecule has 0 radical (unpaired) electrons. The van der Waals surface area contributed by atoms with E-state index < -0.39 is 43.8 Å². The molecule has 0 spiro atoms. The molecule has 86 valence electrons. The Balaban J connectivity index is 2.98. The Bertz CT molecular complexity index is 761. The molecule has 1 aliphatic carbocycles. The number of rotatable bonds is 2. The van der Waals surface area contributed by atoms with Gasteiger partial charge in [0.15, 0.2) is 0 Å². The highest BCUT2D eigenvalue weighted by Crippen LogP contribution is 2.34. The Morgan fingerprint density at radius 3 is 2.81 bits per heavy atom. The van der Waals surface area contributed by atoms with Gasteiger partial charge < -0.3 is 5.11 Å². The fourth-order valence-electron chi connectivity index (χ4n) is 1.38. The Morgan fingerprint density at radius 2 is 2.19 bits per heavy atom. The summed E-state index contributed by atoms with van der Waals surface area (Å²) in [6, 6.07) is 5.21. The lowest BCUT2D eigenvalue weighted by Crippen LogP contribution is -2.36. The zero-order valence-electron chi connectivity index (χ0n) is 19.1. The summed E-state index contributed by atoms with van der Waals surface area (Å²) < 4.78 is 85.6. The predicted octanol–water partition coefficient (Wildman–Crippen LogP) is 3.06. The van der Waals surface area contributed by atoms with Crippen LogP contribution in [0.1, 0.15) is 46.1 Å². The standard InChI is InChI=1S/C13H16ClNO/c1-15-12(13(16)8-4-5-9-13)10-6-2-3-7-11(10)14/h2-3,6-7,16H,4-5,8-9H2,1H3/i1D3,4D2,5D2,8D2,9D2. The van der Waals surface area contributed by atoms with E-state index in [1.54, 1.807) is 0 Å². The Hall–Kier alpha value is -0.860. The van der Waals surface area contributed by atoms with Crippen molar-refractivity contribution in [3.8, 4) is 0 Å². The molecule has 0 heterocycles. The van der Waals surface area contributed by atoms with Crippen LogP contribution in [0.2, 0.25) is 5.02 Å². The van der Waals surface area contributed by atoms with E-state index in [1.165, 1.54) is 18.2 Å². The molecular weight excluding hydrogens is 222 g/mol. The van der Waals surface area contributed by atoms with Crippen LogP contribution >= 0.6 is 11.6 Å². The summed E-state index contributed by atoms with van der Waals surface area (Å²) in [4.78, 5) is 3.28. The number of benzene rings is 1. The monoisotopic (exact) mass is 248 g/mol. The fraction of sp³-hybridized carbons (Fsp3) is 0.462. The number of aliphatic hydroxyl groups is 1. The molecule has 0 unspecified atom stereocenters. The smallest absolute Gasteiger partial charge is 0.107 e. The first-order chi connectivity index (χ1) is 11.9. The van der Waals surface area contributed by atoms with Crippen molar-refractivity contribution >= 4 is 17.3 Å². The van der Waals surface area contributed by atoms with Gasteiger partial charge in [-0.3, -0.25) is 4.99 Å². The highest BCUT2D eigenvalue weighted by Gasteiger charge is 2.37. The quantitative estimate of drug-likeness (QED) is 0.802. The number of hydrogen-bond donors (Lipinski definition) is 1. The molecule has 0 saturated heterocycles. The normalized spacial score (nSPS) is 43.6. The molecule has 1 aromatic carbocycles. The zero-order valence-corrected chi connectivity index (χ0v) is 8.84. The van der Waals surface area contributed by atoms with Crippen LogP contribution in [0.25, 0.3) is 0 Å². The van der Waals surface area contributed by atoms with Gasteiger partial charge in [-0.1, -0.05) is 42.5 Å². The van der Waals surface area contributed by atoms with Crippen LogP contribution in [-0.2, 0) is 0 Å². The van der Waals surface area contributed by atoms with Gasteiger partial charge in [0.25, 0.3) is 0 Å². The second kappa shape index (κ2) is 4.56. The van der Waals surface area contributed by atoms with Gasteiger partial charge in [0, 0.05) is 32.6 Å². The van der Waals surface area contributed by atoms with Gasteiger partial charge in [-0.05, 0) is 18.8 Å². The third-order valence-corrected chi connectivity index (χ3v) is 2.46. The zero-order chi connectivity index (χ0) is 21.3. The topological polar surface area (TPSA) is 32.6 Å². The van der Waals surface area contributed by atoms with Crippen molar-refractivity contribution < 1.29 is 20.2 Å². The summed E-state index contributed by atoms with van der Waals surface area (Å²) in [5.74, 6) is 0. The molecule has 0 aliphatic heterocycles. The highest BCUT2D eigenvalue weighted by molar-refractivity contribution is 6.34.